The summed E-state index contributed by atoms with van der Waals surface area (Å²) < 4.78 is 5.22. The minimum Gasteiger partial charge on any atom is -0.508 e. The van der Waals surface area contributed by atoms with Crippen molar-refractivity contribution in [3.63, 3.8) is 0 Å². The summed E-state index contributed by atoms with van der Waals surface area (Å²) in [4.78, 5) is 15.4. The summed E-state index contributed by atoms with van der Waals surface area (Å²) in [5.74, 6) is 1.28. The smallest absolute Gasteiger partial charge is 0.161 e. The molecule has 1 aliphatic heterocycles. The number of carbonyl (C=O) groups excluding carboxylic acids is 1. The molecule has 2 atom stereocenters. The van der Waals surface area contributed by atoms with Gasteiger partial charge in [-0.05, 0) is 67.9 Å². The van der Waals surface area contributed by atoms with Gasteiger partial charge in [-0.15, -0.1) is 0 Å². The highest BCUT2D eigenvalue weighted by Gasteiger charge is 2.48. The predicted octanol–water partition coefficient (Wildman–Crippen LogP) is 3.79. The third-order valence-corrected chi connectivity index (χ3v) is 6.14. The molecule has 1 saturated heterocycles. The second-order valence-electron chi connectivity index (χ2n) is 7.75. The number of likely N-dealkylation sites (tertiary alicyclic amines) is 1. The van der Waals surface area contributed by atoms with Crippen molar-refractivity contribution in [3.8, 4) is 11.5 Å². The highest BCUT2D eigenvalue weighted by atomic mass is 16.5. The number of hydrogen-bond acceptors (Lipinski definition) is 4. The summed E-state index contributed by atoms with van der Waals surface area (Å²) in [6.45, 7) is 0.938. The second-order valence-corrected chi connectivity index (χ2v) is 7.75. The zero-order valence-corrected chi connectivity index (χ0v) is 15.8. The highest BCUT2D eigenvalue weighted by Crippen LogP contribution is 2.47. The Balaban J connectivity index is 1.69. The van der Waals surface area contributed by atoms with Crippen LogP contribution in [0.2, 0.25) is 0 Å². The molecule has 1 aliphatic carbocycles. The van der Waals surface area contributed by atoms with Gasteiger partial charge in [-0.25, -0.2) is 0 Å². The van der Waals surface area contributed by atoms with Crippen molar-refractivity contribution < 1.29 is 14.6 Å². The van der Waals surface area contributed by atoms with Crippen LogP contribution in [-0.4, -0.2) is 42.5 Å². The first-order valence-corrected chi connectivity index (χ1v) is 9.39. The summed E-state index contributed by atoms with van der Waals surface area (Å²) in [6, 6.07) is 15.3. The van der Waals surface area contributed by atoms with Crippen LogP contribution < -0.4 is 4.74 Å². The lowest BCUT2D eigenvalue weighted by atomic mass is 9.61. The summed E-state index contributed by atoms with van der Waals surface area (Å²) in [6.07, 6.45) is 4.37. The van der Waals surface area contributed by atoms with E-state index in [-0.39, 0.29) is 23.0 Å². The molecule has 2 bridgehead atoms. The van der Waals surface area contributed by atoms with Gasteiger partial charge in [0.25, 0.3) is 0 Å². The van der Waals surface area contributed by atoms with Crippen molar-refractivity contribution in [2.24, 2.45) is 0 Å². The number of ether oxygens (including phenoxy) is 1. The Hall–Kier alpha value is -2.59. The van der Waals surface area contributed by atoms with Crippen molar-refractivity contribution in [2.45, 2.75) is 30.7 Å². The van der Waals surface area contributed by atoms with E-state index >= 15 is 0 Å². The van der Waals surface area contributed by atoms with E-state index in [0.29, 0.717) is 6.42 Å². The zero-order valence-electron chi connectivity index (χ0n) is 15.8. The Labute approximate surface area is 160 Å². The molecule has 2 fully saturated rings. The number of likely N-dealkylation sites (N-methyl/N-ethyl adjacent to an activating group) is 1. The number of Topliss-reactive ketones (excluding diaryl/α,β-unsaturated/α-hetero) is 1. The standard InChI is InChI=1S/C23H25NO3/c1-24-11-10-23(17-4-3-5-18(25)13-17)14-21(24)20(22(26)15-23)12-16-6-8-19(27-2)9-7-16/h3-9,12-13,21,25H,10-11,14-15H2,1-2H3/b20-12+/t21-,23+/m0/s1. The number of benzene rings is 2. The molecule has 4 heteroatoms. The molecule has 4 nitrogen and oxygen atoms in total. The average molecular weight is 363 g/mol. The van der Waals surface area contributed by atoms with Crippen molar-refractivity contribution in [2.75, 3.05) is 20.7 Å². The van der Waals surface area contributed by atoms with Gasteiger partial charge in [0.1, 0.15) is 11.5 Å². The van der Waals surface area contributed by atoms with Gasteiger partial charge in [-0.3, -0.25) is 9.69 Å². The van der Waals surface area contributed by atoms with Gasteiger partial charge in [0.15, 0.2) is 5.78 Å². The Bertz CT molecular complexity index is 887. The van der Waals surface area contributed by atoms with Crippen LogP contribution in [0, 0.1) is 0 Å². The largest absolute Gasteiger partial charge is 0.508 e. The van der Waals surface area contributed by atoms with E-state index < -0.39 is 0 Å². The maximum absolute atomic E-state index is 13.2. The number of aromatic hydroxyl groups is 1. The van der Waals surface area contributed by atoms with Gasteiger partial charge in [0.05, 0.1) is 7.11 Å². The lowest BCUT2D eigenvalue weighted by molar-refractivity contribution is -0.120. The van der Waals surface area contributed by atoms with Gasteiger partial charge in [0, 0.05) is 23.5 Å². The van der Waals surface area contributed by atoms with E-state index in [1.165, 1.54) is 0 Å². The summed E-state index contributed by atoms with van der Waals surface area (Å²) in [5, 5.41) is 9.93. The molecule has 27 heavy (non-hydrogen) atoms. The lowest BCUT2D eigenvalue weighted by Crippen LogP contribution is -2.53. The topological polar surface area (TPSA) is 49.8 Å². The highest BCUT2D eigenvalue weighted by molar-refractivity contribution is 6.02. The zero-order chi connectivity index (χ0) is 19.0. The number of nitrogens with zero attached hydrogens (tertiary/aromatic N) is 1. The monoisotopic (exact) mass is 363 g/mol. The second kappa shape index (κ2) is 6.86. The number of methoxy groups -OCH3 is 1. The van der Waals surface area contributed by atoms with E-state index in [4.69, 9.17) is 4.74 Å². The van der Waals surface area contributed by atoms with Gasteiger partial charge in [0.2, 0.25) is 0 Å². The molecule has 140 valence electrons. The van der Waals surface area contributed by atoms with Gasteiger partial charge in [-0.2, -0.15) is 0 Å². The van der Waals surface area contributed by atoms with Crippen LogP contribution in [0.25, 0.3) is 6.08 Å². The van der Waals surface area contributed by atoms with E-state index in [2.05, 4.69) is 11.9 Å². The van der Waals surface area contributed by atoms with Crippen LogP contribution in [-0.2, 0) is 10.2 Å². The molecular weight excluding hydrogens is 338 g/mol. The Morgan fingerprint density at radius 1 is 1.22 bits per heavy atom. The molecule has 2 aliphatic rings. The summed E-state index contributed by atoms with van der Waals surface area (Å²) >= 11 is 0. The number of hydrogen-bond donors (Lipinski definition) is 1. The molecular formula is C23H25NO3. The fraction of sp³-hybridized carbons (Fsp3) is 0.348. The number of piperidine rings is 1. The van der Waals surface area contributed by atoms with Crippen LogP contribution in [0.5, 0.6) is 11.5 Å². The maximum atomic E-state index is 13.2. The van der Waals surface area contributed by atoms with E-state index in [1.54, 1.807) is 13.2 Å². The number of fused-ring (bicyclic) bond motifs is 2. The Morgan fingerprint density at radius 2 is 2.00 bits per heavy atom. The normalized spacial score (nSPS) is 27.0. The molecule has 2 aromatic carbocycles. The van der Waals surface area contributed by atoms with Crippen LogP contribution in [0.3, 0.4) is 0 Å². The number of carbonyl (C=O) groups is 1. The van der Waals surface area contributed by atoms with E-state index in [0.717, 1.165) is 41.8 Å². The van der Waals surface area contributed by atoms with Crippen LogP contribution >= 0.6 is 0 Å². The van der Waals surface area contributed by atoms with Crippen LogP contribution in [0.15, 0.2) is 54.1 Å². The number of phenols is 1. The minimum absolute atomic E-state index is 0.101. The molecule has 0 unspecified atom stereocenters. The van der Waals surface area contributed by atoms with Gasteiger partial charge in [-0.1, -0.05) is 24.3 Å². The Morgan fingerprint density at radius 3 is 2.70 bits per heavy atom. The number of phenolic OH excluding ortho intramolecular Hbond substituents is 1. The van der Waals surface area contributed by atoms with Gasteiger partial charge < -0.3 is 9.84 Å². The SMILES string of the molecule is COc1ccc(/C=C2/C(=O)C[C@@]3(c4cccc(O)c4)CCN(C)[C@H]2C3)cc1. The summed E-state index contributed by atoms with van der Waals surface area (Å²) in [7, 11) is 3.74. The third-order valence-electron chi connectivity index (χ3n) is 6.14. The van der Waals surface area contributed by atoms with Crippen molar-refractivity contribution in [1.82, 2.24) is 4.90 Å². The fourth-order valence-corrected chi connectivity index (χ4v) is 4.53. The Kier molecular flexibility index (Phi) is 4.52. The molecule has 0 spiro atoms. The number of ketones is 1. The van der Waals surface area contributed by atoms with Crippen molar-refractivity contribution >= 4 is 11.9 Å². The third kappa shape index (κ3) is 3.26. The average Bonchev–Trinajstić information content (AvgIpc) is 2.68. The van der Waals surface area contributed by atoms with E-state index in [1.807, 2.05) is 48.5 Å². The quantitative estimate of drug-likeness (QED) is 0.843. The lowest BCUT2D eigenvalue weighted by Gasteiger charge is -2.50. The molecule has 0 radical (unpaired) electrons. The fourth-order valence-electron chi connectivity index (χ4n) is 4.53. The minimum atomic E-state index is -0.176. The van der Waals surface area contributed by atoms with E-state index in [9.17, 15) is 9.90 Å². The molecule has 1 saturated carbocycles. The summed E-state index contributed by atoms with van der Waals surface area (Å²) in [5.41, 5.74) is 2.81. The first kappa shape index (κ1) is 17.8. The number of rotatable bonds is 3. The first-order chi connectivity index (χ1) is 13.0. The molecule has 4 rings (SSSR count). The van der Waals surface area contributed by atoms with Gasteiger partial charge >= 0.3 is 0 Å². The maximum Gasteiger partial charge on any atom is 0.161 e. The molecule has 2 aromatic rings. The molecule has 1 heterocycles. The van der Waals surface area contributed by atoms with Crippen LogP contribution in [0.4, 0.5) is 0 Å². The molecule has 0 amide bonds. The molecule has 1 N–H and O–H groups in total. The van der Waals surface area contributed by atoms with Crippen LogP contribution in [0.1, 0.15) is 30.4 Å². The predicted molar refractivity (Wildman–Crippen MR) is 106 cm³/mol. The molecule has 0 aromatic heterocycles. The van der Waals surface area contributed by atoms with Crippen molar-refractivity contribution in [3.05, 3.63) is 65.2 Å². The first-order valence-electron chi connectivity index (χ1n) is 9.39. The van der Waals surface area contributed by atoms with Crippen molar-refractivity contribution in [1.29, 1.82) is 0 Å².